The minimum absolute atomic E-state index is 0. The molecule has 2 N–H and O–H groups in total. The number of rotatable bonds is 7. The summed E-state index contributed by atoms with van der Waals surface area (Å²) in [4.78, 5) is 9.39. The van der Waals surface area contributed by atoms with Gasteiger partial charge in [0.2, 0.25) is 0 Å². The molecular formula is C17H38IN5. The Labute approximate surface area is 160 Å². The van der Waals surface area contributed by atoms with Crippen molar-refractivity contribution < 1.29 is 0 Å². The average molecular weight is 439 g/mol. The van der Waals surface area contributed by atoms with Gasteiger partial charge in [0.1, 0.15) is 0 Å². The number of piperidine rings is 1. The molecule has 1 rings (SSSR count). The maximum Gasteiger partial charge on any atom is 0.191 e. The normalized spacial score (nSPS) is 18.9. The van der Waals surface area contributed by atoms with Gasteiger partial charge in [-0.15, -0.1) is 24.0 Å². The van der Waals surface area contributed by atoms with Crippen LogP contribution < -0.4 is 10.6 Å². The lowest BCUT2D eigenvalue weighted by Crippen LogP contribution is -2.51. The zero-order valence-electron chi connectivity index (χ0n) is 15.9. The van der Waals surface area contributed by atoms with E-state index in [4.69, 9.17) is 0 Å². The lowest BCUT2D eigenvalue weighted by Gasteiger charge is -2.35. The van der Waals surface area contributed by atoms with Crippen LogP contribution in [-0.2, 0) is 0 Å². The highest BCUT2D eigenvalue weighted by Crippen LogP contribution is 2.12. The van der Waals surface area contributed by atoms with Crippen molar-refractivity contribution in [1.29, 1.82) is 0 Å². The standard InChI is InChI=1S/C17H37N5.HI/c1-7-21(8-2)15(5)13-19-17(18-6)20-16-9-11-22(12-10-16)14(3)4;/h14-16H,7-13H2,1-6H3,(H2,18,19,20);1H. The third-order valence-corrected chi connectivity index (χ3v) is 4.82. The molecule has 1 atom stereocenters. The second-order valence-electron chi connectivity index (χ2n) is 6.57. The molecule has 138 valence electrons. The second kappa shape index (κ2) is 12.3. The Bertz CT molecular complexity index is 323. The van der Waals surface area contributed by atoms with Crippen molar-refractivity contribution in [2.24, 2.45) is 4.99 Å². The third-order valence-electron chi connectivity index (χ3n) is 4.82. The summed E-state index contributed by atoms with van der Waals surface area (Å²) in [7, 11) is 1.86. The fraction of sp³-hybridized carbons (Fsp3) is 0.941. The van der Waals surface area contributed by atoms with Gasteiger partial charge in [-0.25, -0.2) is 0 Å². The Morgan fingerprint density at radius 1 is 1.17 bits per heavy atom. The molecule has 0 aromatic heterocycles. The van der Waals surface area contributed by atoms with E-state index in [1.807, 2.05) is 7.05 Å². The van der Waals surface area contributed by atoms with Crippen molar-refractivity contribution in [2.75, 3.05) is 39.8 Å². The van der Waals surface area contributed by atoms with Crippen molar-refractivity contribution in [2.45, 2.75) is 65.6 Å². The molecule has 0 aromatic rings. The molecule has 0 spiro atoms. The van der Waals surface area contributed by atoms with Gasteiger partial charge in [-0.2, -0.15) is 0 Å². The molecule has 1 unspecified atom stereocenters. The molecule has 0 aliphatic carbocycles. The lowest BCUT2D eigenvalue weighted by molar-refractivity contribution is 0.167. The van der Waals surface area contributed by atoms with Crippen LogP contribution in [0.2, 0.25) is 0 Å². The molecule has 1 fully saturated rings. The van der Waals surface area contributed by atoms with E-state index in [1.54, 1.807) is 0 Å². The van der Waals surface area contributed by atoms with Gasteiger partial charge in [0.25, 0.3) is 0 Å². The van der Waals surface area contributed by atoms with Crippen LogP contribution in [0.4, 0.5) is 0 Å². The van der Waals surface area contributed by atoms with E-state index in [9.17, 15) is 0 Å². The SMILES string of the molecule is CCN(CC)C(C)CNC(=NC)NC1CCN(C(C)C)CC1.I. The largest absolute Gasteiger partial charge is 0.355 e. The van der Waals surface area contributed by atoms with E-state index < -0.39 is 0 Å². The molecule has 5 nitrogen and oxygen atoms in total. The van der Waals surface area contributed by atoms with Crippen LogP contribution in [0.3, 0.4) is 0 Å². The number of guanidine groups is 1. The van der Waals surface area contributed by atoms with E-state index in [-0.39, 0.29) is 24.0 Å². The summed E-state index contributed by atoms with van der Waals surface area (Å²) in [6.07, 6.45) is 2.40. The summed E-state index contributed by atoms with van der Waals surface area (Å²) < 4.78 is 0. The Hall–Kier alpha value is -0.0800. The van der Waals surface area contributed by atoms with Gasteiger partial charge < -0.3 is 15.5 Å². The molecule has 0 bridgehead atoms. The molecule has 6 heteroatoms. The first kappa shape index (κ1) is 22.9. The van der Waals surface area contributed by atoms with Gasteiger partial charge in [-0.05, 0) is 46.7 Å². The molecule has 23 heavy (non-hydrogen) atoms. The number of nitrogens with one attached hydrogen (secondary N) is 2. The fourth-order valence-corrected chi connectivity index (χ4v) is 3.17. The predicted octanol–water partition coefficient (Wildman–Crippen LogP) is 2.37. The highest BCUT2D eigenvalue weighted by Gasteiger charge is 2.21. The van der Waals surface area contributed by atoms with E-state index in [1.165, 1.54) is 25.9 Å². The van der Waals surface area contributed by atoms with E-state index in [2.05, 4.69) is 60.0 Å². The maximum absolute atomic E-state index is 4.38. The summed E-state index contributed by atoms with van der Waals surface area (Å²) in [5.74, 6) is 0.946. The quantitative estimate of drug-likeness (QED) is 0.363. The topological polar surface area (TPSA) is 42.9 Å². The number of hydrogen-bond donors (Lipinski definition) is 2. The number of likely N-dealkylation sites (tertiary alicyclic amines) is 1. The molecule has 1 aliphatic heterocycles. The lowest BCUT2D eigenvalue weighted by atomic mass is 10.0. The third kappa shape index (κ3) is 8.03. The van der Waals surface area contributed by atoms with E-state index >= 15 is 0 Å². The summed E-state index contributed by atoms with van der Waals surface area (Å²) in [5, 5.41) is 7.07. The molecule has 0 amide bonds. The molecule has 1 aliphatic rings. The number of halogens is 1. The minimum Gasteiger partial charge on any atom is -0.355 e. The first-order chi connectivity index (χ1) is 10.5. The first-order valence-corrected chi connectivity index (χ1v) is 8.97. The van der Waals surface area contributed by atoms with Gasteiger partial charge in [0, 0.05) is 44.8 Å². The van der Waals surface area contributed by atoms with Crippen molar-refractivity contribution in [3.05, 3.63) is 0 Å². The second-order valence-corrected chi connectivity index (χ2v) is 6.57. The van der Waals surface area contributed by atoms with Crippen molar-refractivity contribution in [1.82, 2.24) is 20.4 Å². The van der Waals surface area contributed by atoms with E-state index in [0.29, 0.717) is 18.1 Å². The number of aliphatic imine (C=N–C) groups is 1. The molecule has 0 saturated carbocycles. The molecule has 1 saturated heterocycles. The highest BCUT2D eigenvalue weighted by atomic mass is 127. The fourth-order valence-electron chi connectivity index (χ4n) is 3.17. The Morgan fingerprint density at radius 3 is 2.17 bits per heavy atom. The summed E-state index contributed by atoms with van der Waals surface area (Å²) in [6, 6.07) is 1.73. The van der Waals surface area contributed by atoms with Gasteiger partial charge in [0.05, 0.1) is 0 Å². The van der Waals surface area contributed by atoms with Crippen LogP contribution in [0, 0.1) is 0 Å². The van der Waals surface area contributed by atoms with Crippen molar-refractivity contribution >= 4 is 29.9 Å². The zero-order valence-corrected chi connectivity index (χ0v) is 18.3. The van der Waals surface area contributed by atoms with Crippen LogP contribution in [0.1, 0.15) is 47.5 Å². The molecule has 0 aromatic carbocycles. The van der Waals surface area contributed by atoms with Gasteiger partial charge in [-0.1, -0.05) is 13.8 Å². The van der Waals surface area contributed by atoms with Crippen LogP contribution in [-0.4, -0.2) is 73.7 Å². The van der Waals surface area contributed by atoms with Crippen LogP contribution >= 0.6 is 24.0 Å². The van der Waals surface area contributed by atoms with Crippen molar-refractivity contribution in [3.8, 4) is 0 Å². The molecule has 1 heterocycles. The number of nitrogens with zero attached hydrogens (tertiary/aromatic N) is 3. The predicted molar refractivity (Wildman–Crippen MR) is 112 cm³/mol. The van der Waals surface area contributed by atoms with Gasteiger partial charge in [-0.3, -0.25) is 9.89 Å². The minimum atomic E-state index is 0. The highest BCUT2D eigenvalue weighted by molar-refractivity contribution is 14.0. The van der Waals surface area contributed by atoms with Crippen LogP contribution in [0.5, 0.6) is 0 Å². The van der Waals surface area contributed by atoms with Gasteiger partial charge in [0.15, 0.2) is 5.96 Å². The zero-order chi connectivity index (χ0) is 16.5. The first-order valence-electron chi connectivity index (χ1n) is 8.97. The van der Waals surface area contributed by atoms with Crippen LogP contribution in [0.25, 0.3) is 0 Å². The van der Waals surface area contributed by atoms with Crippen LogP contribution in [0.15, 0.2) is 4.99 Å². The summed E-state index contributed by atoms with van der Waals surface area (Å²) in [5.41, 5.74) is 0. The monoisotopic (exact) mass is 439 g/mol. The number of likely N-dealkylation sites (N-methyl/N-ethyl adjacent to an activating group) is 1. The van der Waals surface area contributed by atoms with Crippen molar-refractivity contribution in [3.63, 3.8) is 0 Å². The van der Waals surface area contributed by atoms with Gasteiger partial charge >= 0.3 is 0 Å². The smallest absolute Gasteiger partial charge is 0.191 e. The summed E-state index contributed by atoms with van der Waals surface area (Å²) >= 11 is 0. The Kier molecular flexibility index (Phi) is 12.3. The molecular weight excluding hydrogens is 401 g/mol. The Balaban J connectivity index is 0.00000484. The maximum atomic E-state index is 4.38. The Morgan fingerprint density at radius 2 is 1.74 bits per heavy atom. The molecule has 0 radical (unpaired) electrons. The average Bonchev–Trinajstić information content (AvgIpc) is 2.53. The number of hydrogen-bond acceptors (Lipinski definition) is 3. The van der Waals surface area contributed by atoms with E-state index in [0.717, 1.165) is 25.6 Å². The summed E-state index contributed by atoms with van der Waals surface area (Å²) in [6.45, 7) is 16.8.